The van der Waals surface area contributed by atoms with Gasteiger partial charge in [0.15, 0.2) is 5.69 Å². The predicted molar refractivity (Wildman–Crippen MR) is 108 cm³/mol. The molecule has 0 radical (unpaired) electrons. The summed E-state index contributed by atoms with van der Waals surface area (Å²) in [4.78, 5) is 35.7. The molecule has 4 N–H and O–H groups in total. The van der Waals surface area contributed by atoms with E-state index in [9.17, 15) is 14.4 Å². The number of carbonyl (C=O) groups excluding carboxylic acids is 3. The first-order chi connectivity index (χ1) is 14.5. The lowest BCUT2D eigenvalue weighted by molar-refractivity contribution is -0.141. The highest BCUT2D eigenvalue weighted by Gasteiger charge is 2.13. The third kappa shape index (κ3) is 5.19. The molecule has 3 aromatic rings. The minimum Gasteiger partial charge on any atom is -0.468 e. The third-order valence-corrected chi connectivity index (χ3v) is 4.17. The Morgan fingerprint density at radius 3 is 2.50 bits per heavy atom. The number of anilines is 2. The number of nitrogen functional groups attached to an aromatic ring is 1. The Morgan fingerprint density at radius 2 is 1.80 bits per heavy atom. The van der Waals surface area contributed by atoms with E-state index in [-0.39, 0.29) is 24.7 Å². The monoisotopic (exact) mass is 408 g/mol. The third-order valence-electron chi connectivity index (χ3n) is 4.17. The van der Waals surface area contributed by atoms with Crippen molar-refractivity contribution in [3.8, 4) is 0 Å². The lowest BCUT2D eigenvalue weighted by Crippen LogP contribution is -2.23. The average molecular weight is 408 g/mol. The van der Waals surface area contributed by atoms with E-state index >= 15 is 0 Å². The zero-order chi connectivity index (χ0) is 21.5. The highest BCUT2D eigenvalue weighted by Crippen LogP contribution is 2.18. The quantitative estimate of drug-likeness (QED) is 0.394. The van der Waals surface area contributed by atoms with Gasteiger partial charge in [-0.1, -0.05) is 29.5 Å². The summed E-state index contributed by atoms with van der Waals surface area (Å²) >= 11 is 0. The van der Waals surface area contributed by atoms with Gasteiger partial charge in [-0.05, 0) is 29.8 Å². The number of rotatable bonds is 7. The Bertz CT molecular complexity index is 1060. The molecule has 3 rings (SSSR count). The number of nitrogens with zero attached hydrogens (tertiary/aromatic N) is 3. The molecule has 30 heavy (non-hydrogen) atoms. The van der Waals surface area contributed by atoms with Crippen molar-refractivity contribution in [3.05, 3.63) is 71.5 Å². The number of hydrogen-bond acceptors (Lipinski definition) is 7. The van der Waals surface area contributed by atoms with Gasteiger partial charge in [0.1, 0.15) is 6.54 Å². The van der Waals surface area contributed by atoms with Crippen LogP contribution in [0.15, 0.2) is 54.7 Å². The molecular formula is C20H20N6O4. The lowest BCUT2D eigenvalue weighted by atomic mass is 10.1. The molecule has 2 aromatic carbocycles. The second kappa shape index (κ2) is 9.32. The number of benzene rings is 2. The molecule has 0 unspecified atom stereocenters. The molecule has 1 aromatic heterocycles. The van der Waals surface area contributed by atoms with Crippen molar-refractivity contribution in [2.24, 2.45) is 0 Å². The number of nitrogens with one attached hydrogen (secondary N) is 2. The van der Waals surface area contributed by atoms with Crippen molar-refractivity contribution in [1.82, 2.24) is 20.3 Å². The Kier molecular flexibility index (Phi) is 6.38. The topological polar surface area (TPSA) is 141 Å². The second-order valence-corrected chi connectivity index (χ2v) is 6.30. The standard InChI is InChI=1S/C20H20N6O4/c1-30-18(27)12-26-11-17(24-25-26)20(29)22-10-13-6-8-14(9-7-13)19(28)23-16-5-3-2-4-15(16)21/h2-9,11H,10,12,21H2,1H3,(H,22,29)(H,23,28). The zero-order valence-electron chi connectivity index (χ0n) is 16.2. The minimum absolute atomic E-state index is 0.0790. The molecule has 1 heterocycles. The van der Waals surface area contributed by atoms with Crippen LogP contribution in [0.5, 0.6) is 0 Å². The molecule has 0 fully saturated rings. The number of para-hydroxylation sites is 2. The van der Waals surface area contributed by atoms with Crippen LogP contribution in [0.4, 0.5) is 11.4 Å². The Labute approximate surface area is 172 Å². The largest absolute Gasteiger partial charge is 0.468 e. The minimum atomic E-state index is -0.495. The molecule has 10 heteroatoms. The van der Waals surface area contributed by atoms with E-state index in [1.54, 1.807) is 48.5 Å². The van der Waals surface area contributed by atoms with Crippen molar-refractivity contribution in [2.45, 2.75) is 13.1 Å². The van der Waals surface area contributed by atoms with Crippen molar-refractivity contribution >= 4 is 29.2 Å². The van der Waals surface area contributed by atoms with Gasteiger partial charge in [0.25, 0.3) is 11.8 Å². The van der Waals surface area contributed by atoms with E-state index in [1.165, 1.54) is 18.0 Å². The van der Waals surface area contributed by atoms with Crippen LogP contribution in [0.25, 0.3) is 0 Å². The van der Waals surface area contributed by atoms with Gasteiger partial charge < -0.3 is 21.1 Å². The maximum atomic E-state index is 12.3. The lowest BCUT2D eigenvalue weighted by Gasteiger charge is -2.08. The normalized spacial score (nSPS) is 10.3. The van der Waals surface area contributed by atoms with Crippen LogP contribution in [0, 0.1) is 0 Å². The maximum absolute atomic E-state index is 12.3. The second-order valence-electron chi connectivity index (χ2n) is 6.30. The smallest absolute Gasteiger partial charge is 0.327 e. The summed E-state index contributed by atoms with van der Waals surface area (Å²) in [5, 5.41) is 12.9. The maximum Gasteiger partial charge on any atom is 0.327 e. The fourth-order valence-electron chi connectivity index (χ4n) is 2.53. The first-order valence-electron chi connectivity index (χ1n) is 8.96. The van der Waals surface area contributed by atoms with E-state index < -0.39 is 11.9 Å². The van der Waals surface area contributed by atoms with Crippen LogP contribution in [0.2, 0.25) is 0 Å². The molecule has 0 aliphatic heterocycles. The van der Waals surface area contributed by atoms with E-state index in [4.69, 9.17) is 5.73 Å². The summed E-state index contributed by atoms with van der Waals surface area (Å²) in [5.74, 6) is -1.22. The van der Waals surface area contributed by atoms with E-state index in [0.717, 1.165) is 5.56 Å². The first-order valence-corrected chi connectivity index (χ1v) is 8.96. The summed E-state index contributed by atoms with van der Waals surface area (Å²) in [7, 11) is 1.26. The number of amides is 2. The van der Waals surface area contributed by atoms with Gasteiger partial charge in [-0.2, -0.15) is 0 Å². The van der Waals surface area contributed by atoms with E-state index in [2.05, 4.69) is 25.7 Å². The van der Waals surface area contributed by atoms with Crippen LogP contribution < -0.4 is 16.4 Å². The summed E-state index contributed by atoms with van der Waals surface area (Å²) in [6, 6.07) is 13.8. The van der Waals surface area contributed by atoms with Crippen LogP contribution in [0.1, 0.15) is 26.4 Å². The number of ether oxygens (including phenoxy) is 1. The molecule has 0 bridgehead atoms. The van der Waals surface area contributed by atoms with Crippen LogP contribution >= 0.6 is 0 Å². The van der Waals surface area contributed by atoms with E-state index in [0.29, 0.717) is 16.9 Å². The van der Waals surface area contributed by atoms with Crippen LogP contribution in [-0.2, 0) is 22.6 Å². The summed E-state index contributed by atoms with van der Waals surface area (Å²) in [6.45, 7) is 0.102. The van der Waals surface area contributed by atoms with Gasteiger partial charge in [-0.25, -0.2) is 4.68 Å². The molecule has 0 aliphatic rings. The molecule has 2 amide bonds. The number of nitrogens with two attached hydrogens (primary N) is 1. The Morgan fingerprint density at radius 1 is 1.07 bits per heavy atom. The highest BCUT2D eigenvalue weighted by atomic mass is 16.5. The summed E-state index contributed by atoms with van der Waals surface area (Å²) in [5.41, 5.74) is 8.18. The summed E-state index contributed by atoms with van der Waals surface area (Å²) < 4.78 is 5.75. The number of aromatic nitrogens is 3. The molecule has 10 nitrogen and oxygen atoms in total. The number of carbonyl (C=O) groups is 3. The molecule has 0 saturated heterocycles. The van der Waals surface area contributed by atoms with Crippen molar-refractivity contribution in [1.29, 1.82) is 0 Å². The zero-order valence-corrected chi connectivity index (χ0v) is 16.2. The van der Waals surface area contributed by atoms with Gasteiger partial charge in [0, 0.05) is 12.1 Å². The Hall–Kier alpha value is -4.21. The molecule has 154 valence electrons. The predicted octanol–water partition coefficient (Wildman–Crippen LogP) is 1.22. The van der Waals surface area contributed by atoms with E-state index in [1.807, 2.05) is 0 Å². The number of methoxy groups -OCH3 is 1. The van der Waals surface area contributed by atoms with Crippen LogP contribution in [-0.4, -0.2) is 39.9 Å². The van der Waals surface area contributed by atoms with Gasteiger partial charge in [0.05, 0.1) is 24.7 Å². The van der Waals surface area contributed by atoms with Gasteiger partial charge in [-0.15, -0.1) is 5.10 Å². The molecule has 0 atom stereocenters. The number of esters is 1. The van der Waals surface area contributed by atoms with Crippen LogP contribution in [0.3, 0.4) is 0 Å². The highest BCUT2D eigenvalue weighted by molar-refractivity contribution is 6.05. The SMILES string of the molecule is COC(=O)Cn1cc(C(=O)NCc2ccc(C(=O)Nc3ccccc3N)cc2)nn1. The molecular weight excluding hydrogens is 388 g/mol. The van der Waals surface area contributed by atoms with Crippen molar-refractivity contribution < 1.29 is 19.1 Å². The van der Waals surface area contributed by atoms with Crippen molar-refractivity contribution in [2.75, 3.05) is 18.2 Å². The average Bonchev–Trinajstić information content (AvgIpc) is 3.22. The van der Waals surface area contributed by atoms with Crippen molar-refractivity contribution in [3.63, 3.8) is 0 Å². The number of hydrogen-bond donors (Lipinski definition) is 3. The van der Waals surface area contributed by atoms with Gasteiger partial charge in [0.2, 0.25) is 0 Å². The van der Waals surface area contributed by atoms with Gasteiger partial charge in [-0.3, -0.25) is 14.4 Å². The first kappa shape index (κ1) is 20.5. The Balaban J connectivity index is 1.54. The molecule has 0 spiro atoms. The fraction of sp³-hybridized carbons (Fsp3) is 0.150. The molecule has 0 saturated carbocycles. The summed E-state index contributed by atoms with van der Waals surface area (Å²) in [6.07, 6.45) is 1.36. The molecule has 0 aliphatic carbocycles. The van der Waals surface area contributed by atoms with Gasteiger partial charge >= 0.3 is 5.97 Å². The fourth-order valence-corrected chi connectivity index (χ4v) is 2.53.